The highest BCUT2D eigenvalue weighted by atomic mass is 32.2. The lowest BCUT2D eigenvalue weighted by atomic mass is 10.1. The highest BCUT2D eigenvalue weighted by Crippen LogP contribution is 2.24. The Labute approximate surface area is 73.9 Å². The number of hydrogen-bond acceptors (Lipinski definition) is 1. The smallest absolute Gasteiger partial charge is 0.156 e. The van der Waals surface area contributed by atoms with Gasteiger partial charge in [-0.2, -0.15) is 0 Å². The lowest BCUT2D eigenvalue weighted by Crippen LogP contribution is -2.13. The lowest BCUT2D eigenvalue weighted by molar-refractivity contribution is 0.548. The van der Waals surface area contributed by atoms with Crippen LogP contribution in [0, 0.1) is 0 Å². The molecule has 1 N–H and O–H groups in total. The van der Waals surface area contributed by atoms with Crippen LogP contribution in [-0.4, -0.2) is 14.0 Å². The summed E-state index contributed by atoms with van der Waals surface area (Å²) in [6.07, 6.45) is 1.50. The van der Waals surface area contributed by atoms with Gasteiger partial charge in [0.15, 0.2) is 11.1 Å². The van der Waals surface area contributed by atoms with E-state index in [4.69, 9.17) is 4.55 Å². The summed E-state index contributed by atoms with van der Waals surface area (Å²) < 4.78 is 19.7. The van der Waals surface area contributed by atoms with Crippen LogP contribution < -0.4 is 0 Å². The molecule has 2 nitrogen and oxygen atoms in total. The summed E-state index contributed by atoms with van der Waals surface area (Å²) in [7, 11) is 0. The zero-order valence-electron chi connectivity index (χ0n) is 6.56. The maximum Gasteiger partial charge on any atom is 0.156 e. The molecule has 2 rings (SSSR count). The third-order valence-corrected chi connectivity index (χ3v) is 3.20. The van der Waals surface area contributed by atoms with Crippen molar-refractivity contribution in [1.82, 2.24) is 0 Å². The van der Waals surface area contributed by atoms with Crippen LogP contribution in [0.25, 0.3) is 0 Å². The third-order valence-electron chi connectivity index (χ3n) is 2.30. The predicted octanol–water partition coefficient (Wildman–Crippen LogP) is 1.38. The van der Waals surface area contributed by atoms with Gasteiger partial charge in [-0.1, -0.05) is 24.3 Å². The van der Waals surface area contributed by atoms with Gasteiger partial charge in [-0.05, 0) is 24.0 Å². The van der Waals surface area contributed by atoms with Crippen LogP contribution >= 0.6 is 0 Å². The molecule has 0 fully saturated rings. The number of benzene rings is 1. The monoisotopic (exact) mass is 182 g/mol. The van der Waals surface area contributed by atoms with Gasteiger partial charge in [0.1, 0.15) is 0 Å². The molecule has 64 valence electrons. The summed E-state index contributed by atoms with van der Waals surface area (Å²) in [4.78, 5) is 0. The number of fused-ring (bicyclic) bond motifs is 1. The minimum absolute atomic E-state index is 0.0811. The summed E-state index contributed by atoms with van der Waals surface area (Å²) in [6, 6.07) is 8.01. The summed E-state index contributed by atoms with van der Waals surface area (Å²) in [5.41, 5.74) is 2.45. The Morgan fingerprint density at radius 2 is 1.75 bits per heavy atom. The lowest BCUT2D eigenvalue weighted by Gasteiger charge is -1.99. The molecule has 1 unspecified atom stereocenters. The first kappa shape index (κ1) is 7.95. The van der Waals surface area contributed by atoms with E-state index in [-0.39, 0.29) is 5.25 Å². The largest absolute Gasteiger partial charge is 0.306 e. The number of hydrogen-bond donors (Lipinski definition) is 1. The Hall–Kier alpha value is -0.670. The van der Waals surface area contributed by atoms with Crippen molar-refractivity contribution in [1.29, 1.82) is 0 Å². The zero-order valence-corrected chi connectivity index (χ0v) is 7.38. The summed E-state index contributed by atoms with van der Waals surface area (Å²) in [5, 5.41) is -0.0811. The Balaban J connectivity index is 2.27. The van der Waals surface area contributed by atoms with Crippen molar-refractivity contribution in [3.63, 3.8) is 0 Å². The minimum atomic E-state index is -1.67. The van der Waals surface area contributed by atoms with Gasteiger partial charge in [0.05, 0.1) is 5.25 Å². The maximum atomic E-state index is 10.8. The van der Waals surface area contributed by atoms with Crippen molar-refractivity contribution >= 4 is 11.1 Å². The fourth-order valence-electron chi connectivity index (χ4n) is 1.66. The van der Waals surface area contributed by atoms with Gasteiger partial charge in [-0.25, -0.2) is 4.21 Å². The predicted molar refractivity (Wildman–Crippen MR) is 48.4 cm³/mol. The van der Waals surface area contributed by atoms with E-state index in [1.54, 1.807) is 0 Å². The van der Waals surface area contributed by atoms with Gasteiger partial charge in [0, 0.05) is 0 Å². The van der Waals surface area contributed by atoms with E-state index in [0.717, 1.165) is 12.8 Å². The summed E-state index contributed by atoms with van der Waals surface area (Å²) in [6.45, 7) is 0. The second-order valence-corrected chi connectivity index (χ2v) is 4.29. The van der Waals surface area contributed by atoms with E-state index in [1.807, 2.05) is 24.3 Å². The molecule has 1 aliphatic rings. The molecule has 0 saturated heterocycles. The molecule has 1 aromatic carbocycles. The van der Waals surface area contributed by atoms with E-state index >= 15 is 0 Å². The molecule has 1 aliphatic carbocycles. The molecule has 1 atom stereocenters. The van der Waals surface area contributed by atoms with Crippen LogP contribution in [0.1, 0.15) is 11.1 Å². The van der Waals surface area contributed by atoms with Crippen molar-refractivity contribution in [2.24, 2.45) is 0 Å². The Morgan fingerprint density at radius 1 is 1.25 bits per heavy atom. The van der Waals surface area contributed by atoms with Crippen LogP contribution in [0.2, 0.25) is 0 Å². The van der Waals surface area contributed by atoms with Crippen molar-refractivity contribution in [3.8, 4) is 0 Å². The van der Waals surface area contributed by atoms with Gasteiger partial charge in [-0.15, -0.1) is 0 Å². The fraction of sp³-hybridized carbons (Fsp3) is 0.333. The Morgan fingerprint density at radius 3 is 2.17 bits per heavy atom. The van der Waals surface area contributed by atoms with Gasteiger partial charge in [0.25, 0.3) is 0 Å². The third kappa shape index (κ3) is 1.30. The van der Waals surface area contributed by atoms with Crippen molar-refractivity contribution in [3.05, 3.63) is 35.4 Å². The van der Waals surface area contributed by atoms with E-state index in [9.17, 15) is 4.21 Å². The van der Waals surface area contributed by atoms with E-state index in [1.165, 1.54) is 11.1 Å². The highest BCUT2D eigenvalue weighted by molar-refractivity contribution is 7.79. The molecule has 0 saturated carbocycles. The number of rotatable bonds is 1. The Kier molecular flexibility index (Phi) is 1.98. The molecule has 0 aliphatic heterocycles. The van der Waals surface area contributed by atoms with Gasteiger partial charge < -0.3 is 4.55 Å². The molecular weight excluding hydrogens is 172 g/mol. The van der Waals surface area contributed by atoms with Crippen LogP contribution in [0.15, 0.2) is 24.3 Å². The van der Waals surface area contributed by atoms with E-state index in [2.05, 4.69) is 0 Å². The molecule has 3 heteroatoms. The fourth-order valence-corrected chi connectivity index (χ4v) is 2.31. The van der Waals surface area contributed by atoms with E-state index in [0.29, 0.717) is 0 Å². The van der Waals surface area contributed by atoms with Crippen molar-refractivity contribution in [2.45, 2.75) is 18.1 Å². The van der Waals surface area contributed by atoms with E-state index < -0.39 is 11.1 Å². The first-order chi connectivity index (χ1) is 5.77. The molecule has 12 heavy (non-hydrogen) atoms. The van der Waals surface area contributed by atoms with Gasteiger partial charge in [-0.3, -0.25) is 0 Å². The quantitative estimate of drug-likeness (QED) is 0.666. The van der Waals surface area contributed by atoms with Gasteiger partial charge >= 0.3 is 0 Å². The Bertz CT molecular complexity index is 297. The molecule has 0 heterocycles. The molecule has 0 amide bonds. The van der Waals surface area contributed by atoms with Crippen molar-refractivity contribution in [2.75, 3.05) is 0 Å². The average molecular weight is 182 g/mol. The molecule has 0 radical (unpaired) electrons. The summed E-state index contributed by atoms with van der Waals surface area (Å²) >= 11 is -1.67. The van der Waals surface area contributed by atoms with Crippen molar-refractivity contribution < 1.29 is 8.76 Å². The standard InChI is InChI=1S/C9H10O2S/c10-12(11)9-5-7-3-1-2-4-8(7)6-9/h1-4,9H,5-6H2,(H,10,11). The molecule has 0 spiro atoms. The van der Waals surface area contributed by atoms with Gasteiger partial charge in [0.2, 0.25) is 0 Å². The average Bonchev–Trinajstić information content (AvgIpc) is 2.46. The highest BCUT2D eigenvalue weighted by Gasteiger charge is 2.24. The maximum absolute atomic E-state index is 10.8. The first-order valence-corrected chi connectivity index (χ1v) is 5.11. The second-order valence-electron chi connectivity index (χ2n) is 3.08. The first-order valence-electron chi connectivity index (χ1n) is 3.94. The van der Waals surface area contributed by atoms with Crippen LogP contribution in [0.4, 0.5) is 0 Å². The van der Waals surface area contributed by atoms with Crippen LogP contribution in [0.3, 0.4) is 0 Å². The summed E-state index contributed by atoms with van der Waals surface area (Å²) in [5.74, 6) is 0. The van der Waals surface area contributed by atoms with Crippen LogP contribution in [0.5, 0.6) is 0 Å². The molecule has 1 aromatic rings. The minimum Gasteiger partial charge on any atom is -0.306 e. The van der Waals surface area contributed by atoms with Crippen LogP contribution in [-0.2, 0) is 23.9 Å². The molecule has 0 bridgehead atoms. The molecule has 0 aromatic heterocycles. The normalized spacial score (nSPS) is 19.1. The zero-order chi connectivity index (χ0) is 8.55. The topological polar surface area (TPSA) is 37.3 Å². The SMILES string of the molecule is O=S(O)C1Cc2ccccc2C1. The second kappa shape index (κ2) is 2.99. The molecular formula is C9H10O2S.